The first kappa shape index (κ1) is 17.4. The number of nitrogens with one attached hydrogen (secondary N) is 1. The number of hydrogen-bond acceptors (Lipinski definition) is 4. The molecule has 1 aliphatic rings. The normalized spacial score (nSPS) is 13.4. The van der Waals surface area contributed by atoms with Gasteiger partial charge < -0.3 is 19.4 Å². The van der Waals surface area contributed by atoms with Gasteiger partial charge in [0.05, 0.1) is 30.0 Å². The van der Waals surface area contributed by atoms with Gasteiger partial charge in [-0.2, -0.15) is 0 Å². The quantitative estimate of drug-likeness (QED) is 0.769. The summed E-state index contributed by atoms with van der Waals surface area (Å²) in [6.07, 6.45) is 5.89. The van der Waals surface area contributed by atoms with Crippen LogP contribution in [0.25, 0.3) is 5.69 Å². The first-order valence-corrected chi connectivity index (χ1v) is 8.41. The molecule has 1 fully saturated rings. The largest absolute Gasteiger partial charge is 0.496 e. The van der Waals surface area contributed by atoms with E-state index in [9.17, 15) is 9.59 Å². The number of carbonyl (C=O) groups excluding carboxylic acids is 2. The average molecular weight is 363 g/mol. The standard InChI is InChI=1S/C18H19ClN2O4/c1-24-16-9-15(21-6-2-3-7-21)14(19)8-13(16)18(23)20-10-17(22)25-11-12-4-5-12/h2-3,6-9,12H,4-5,10-11H2,1H3,(H,20,23). The number of esters is 1. The maximum Gasteiger partial charge on any atom is 0.325 e. The van der Waals surface area contributed by atoms with Crippen molar-refractivity contribution in [2.45, 2.75) is 12.8 Å². The molecule has 0 radical (unpaired) electrons. The lowest BCUT2D eigenvalue weighted by Crippen LogP contribution is -2.31. The first-order valence-electron chi connectivity index (χ1n) is 8.03. The van der Waals surface area contributed by atoms with E-state index >= 15 is 0 Å². The third-order valence-corrected chi connectivity index (χ3v) is 4.27. The molecular formula is C18H19ClN2O4. The second-order valence-corrected chi connectivity index (χ2v) is 6.31. The van der Waals surface area contributed by atoms with Gasteiger partial charge in [-0.3, -0.25) is 9.59 Å². The van der Waals surface area contributed by atoms with Crippen LogP contribution in [-0.2, 0) is 9.53 Å². The van der Waals surface area contributed by atoms with Gasteiger partial charge in [0.25, 0.3) is 5.91 Å². The molecular weight excluding hydrogens is 344 g/mol. The Morgan fingerprint density at radius 1 is 1.28 bits per heavy atom. The summed E-state index contributed by atoms with van der Waals surface area (Å²) >= 11 is 6.30. The molecule has 25 heavy (non-hydrogen) atoms. The van der Waals surface area contributed by atoms with Crippen molar-refractivity contribution < 1.29 is 19.1 Å². The van der Waals surface area contributed by atoms with Gasteiger partial charge in [0.15, 0.2) is 0 Å². The Morgan fingerprint density at radius 2 is 2.00 bits per heavy atom. The molecule has 1 saturated carbocycles. The average Bonchev–Trinajstić information content (AvgIpc) is 3.29. The summed E-state index contributed by atoms with van der Waals surface area (Å²) in [4.78, 5) is 24.0. The summed E-state index contributed by atoms with van der Waals surface area (Å²) in [7, 11) is 1.48. The van der Waals surface area contributed by atoms with Crippen molar-refractivity contribution in [1.29, 1.82) is 0 Å². The van der Waals surface area contributed by atoms with Gasteiger partial charge in [-0.25, -0.2) is 0 Å². The highest BCUT2D eigenvalue weighted by Gasteiger charge is 2.23. The molecule has 0 saturated heterocycles. The molecule has 0 bridgehead atoms. The lowest BCUT2D eigenvalue weighted by molar-refractivity contribution is -0.142. The number of methoxy groups -OCH3 is 1. The van der Waals surface area contributed by atoms with Crippen LogP contribution in [0, 0.1) is 5.92 Å². The van der Waals surface area contributed by atoms with E-state index in [2.05, 4.69) is 5.32 Å². The van der Waals surface area contributed by atoms with Crippen LogP contribution in [0.2, 0.25) is 5.02 Å². The summed E-state index contributed by atoms with van der Waals surface area (Å²) in [6, 6.07) is 6.95. The lowest BCUT2D eigenvalue weighted by atomic mass is 10.1. The summed E-state index contributed by atoms with van der Waals surface area (Å²) in [5, 5.41) is 2.94. The van der Waals surface area contributed by atoms with E-state index in [1.54, 1.807) is 6.07 Å². The van der Waals surface area contributed by atoms with Gasteiger partial charge in [0.1, 0.15) is 12.3 Å². The zero-order valence-electron chi connectivity index (χ0n) is 13.8. The fourth-order valence-electron chi connectivity index (χ4n) is 2.38. The van der Waals surface area contributed by atoms with Crippen molar-refractivity contribution in [3.8, 4) is 11.4 Å². The Hall–Kier alpha value is -2.47. The Labute approximate surface area is 150 Å². The Balaban J connectivity index is 1.68. The third-order valence-electron chi connectivity index (χ3n) is 3.97. The van der Waals surface area contributed by atoms with Crippen LogP contribution in [0.1, 0.15) is 23.2 Å². The summed E-state index contributed by atoms with van der Waals surface area (Å²) in [5.41, 5.74) is 0.960. The Morgan fingerprint density at radius 3 is 2.64 bits per heavy atom. The smallest absolute Gasteiger partial charge is 0.325 e. The molecule has 132 valence electrons. The van der Waals surface area contributed by atoms with E-state index in [4.69, 9.17) is 21.1 Å². The van der Waals surface area contributed by atoms with E-state index in [0.29, 0.717) is 29.0 Å². The van der Waals surface area contributed by atoms with E-state index in [-0.39, 0.29) is 12.1 Å². The molecule has 0 atom stereocenters. The van der Waals surface area contributed by atoms with E-state index in [0.717, 1.165) is 12.8 Å². The van der Waals surface area contributed by atoms with Crippen molar-refractivity contribution in [2.24, 2.45) is 5.92 Å². The summed E-state index contributed by atoms with van der Waals surface area (Å²) in [6.45, 7) is 0.237. The molecule has 1 N–H and O–H groups in total. The zero-order valence-corrected chi connectivity index (χ0v) is 14.6. The topological polar surface area (TPSA) is 69.6 Å². The van der Waals surface area contributed by atoms with Gasteiger partial charge in [-0.15, -0.1) is 0 Å². The van der Waals surface area contributed by atoms with Gasteiger partial charge in [0.2, 0.25) is 0 Å². The number of rotatable bonds is 7. The minimum atomic E-state index is -0.450. The van der Waals surface area contributed by atoms with Crippen molar-refractivity contribution >= 4 is 23.5 Å². The van der Waals surface area contributed by atoms with Crippen LogP contribution in [-0.4, -0.2) is 36.7 Å². The fraction of sp³-hybridized carbons (Fsp3) is 0.333. The van der Waals surface area contributed by atoms with Gasteiger partial charge in [-0.05, 0) is 37.0 Å². The first-order chi connectivity index (χ1) is 12.1. The maximum absolute atomic E-state index is 12.4. The number of hydrogen-bond donors (Lipinski definition) is 1. The molecule has 6 nitrogen and oxygen atoms in total. The monoisotopic (exact) mass is 362 g/mol. The third kappa shape index (κ3) is 4.33. The van der Waals surface area contributed by atoms with Crippen LogP contribution < -0.4 is 10.1 Å². The molecule has 1 heterocycles. The Kier molecular flexibility index (Phi) is 5.28. The predicted octanol–water partition coefficient (Wildman–Crippen LogP) is 2.82. The van der Waals surface area contributed by atoms with E-state index in [1.807, 2.05) is 29.1 Å². The number of aromatic nitrogens is 1. The van der Waals surface area contributed by atoms with E-state index < -0.39 is 11.9 Å². The minimum Gasteiger partial charge on any atom is -0.496 e. The molecule has 0 spiro atoms. The second-order valence-electron chi connectivity index (χ2n) is 5.90. The predicted molar refractivity (Wildman–Crippen MR) is 93.3 cm³/mol. The van der Waals surface area contributed by atoms with Crippen LogP contribution >= 0.6 is 11.6 Å². The maximum atomic E-state index is 12.4. The molecule has 1 aliphatic carbocycles. The number of carbonyl (C=O) groups is 2. The number of amides is 1. The highest BCUT2D eigenvalue weighted by Crippen LogP contribution is 2.30. The number of nitrogens with zero attached hydrogens (tertiary/aromatic N) is 1. The van der Waals surface area contributed by atoms with E-state index in [1.165, 1.54) is 13.2 Å². The number of ether oxygens (including phenoxy) is 2. The van der Waals surface area contributed by atoms with Crippen LogP contribution in [0.15, 0.2) is 36.7 Å². The number of benzene rings is 1. The lowest BCUT2D eigenvalue weighted by Gasteiger charge is -2.13. The van der Waals surface area contributed by atoms with Crippen LogP contribution in [0.5, 0.6) is 5.75 Å². The van der Waals surface area contributed by atoms with Gasteiger partial charge >= 0.3 is 5.97 Å². The molecule has 1 aromatic carbocycles. The van der Waals surface area contributed by atoms with Crippen LogP contribution in [0.4, 0.5) is 0 Å². The van der Waals surface area contributed by atoms with Crippen LogP contribution in [0.3, 0.4) is 0 Å². The van der Waals surface area contributed by atoms with Gasteiger partial charge in [0, 0.05) is 18.5 Å². The second kappa shape index (κ2) is 7.61. The number of halogens is 1. The fourth-order valence-corrected chi connectivity index (χ4v) is 2.64. The van der Waals surface area contributed by atoms with Crippen molar-refractivity contribution in [3.63, 3.8) is 0 Å². The highest BCUT2D eigenvalue weighted by molar-refractivity contribution is 6.33. The zero-order chi connectivity index (χ0) is 17.8. The summed E-state index contributed by atoms with van der Waals surface area (Å²) < 4.78 is 12.2. The molecule has 3 rings (SSSR count). The molecule has 7 heteroatoms. The van der Waals surface area contributed by atoms with Crippen molar-refractivity contribution in [2.75, 3.05) is 20.3 Å². The van der Waals surface area contributed by atoms with Gasteiger partial charge in [-0.1, -0.05) is 11.6 Å². The molecule has 1 aromatic heterocycles. The molecule has 0 unspecified atom stereocenters. The summed E-state index contributed by atoms with van der Waals surface area (Å²) in [5.74, 6) is -0.0350. The van der Waals surface area contributed by atoms with Crippen molar-refractivity contribution in [3.05, 3.63) is 47.2 Å². The Bertz CT molecular complexity index is 770. The molecule has 2 aromatic rings. The highest BCUT2D eigenvalue weighted by atomic mass is 35.5. The molecule has 1 amide bonds. The SMILES string of the molecule is COc1cc(-n2cccc2)c(Cl)cc1C(=O)NCC(=O)OCC1CC1. The van der Waals surface area contributed by atoms with Crippen molar-refractivity contribution in [1.82, 2.24) is 9.88 Å². The molecule has 0 aliphatic heterocycles. The minimum absolute atomic E-state index is 0.189.